The Hall–Kier alpha value is -1.59. The average Bonchev–Trinajstić information content (AvgIpc) is 2.94. The van der Waals surface area contributed by atoms with E-state index in [0.29, 0.717) is 11.5 Å². The quantitative estimate of drug-likeness (QED) is 0.866. The van der Waals surface area contributed by atoms with Gasteiger partial charge in [0, 0.05) is 37.1 Å². The molecule has 2 aliphatic rings. The highest BCUT2D eigenvalue weighted by molar-refractivity contribution is 6.02. The highest BCUT2D eigenvalue weighted by Crippen LogP contribution is 2.34. The van der Waals surface area contributed by atoms with E-state index < -0.39 is 6.10 Å². The zero-order chi connectivity index (χ0) is 14.3. The molecule has 0 aliphatic carbocycles. The van der Waals surface area contributed by atoms with Crippen LogP contribution in [0.5, 0.6) is 0 Å². The lowest BCUT2D eigenvalue weighted by atomic mass is 10.1. The summed E-state index contributed by atoms with van der Waals surface area (Å²) in [5.41, 5.74) is 2.48. The van der Waals surface area contributed by atoms with Crippen molar-refractivity contribution in [2.24, 2.45) is 5.92 Å². The van der Waals surface area contributed by atoms with Gasteiger partial charge < -0.3 is 20.2 Å². The number of likely N-dealkylation sites (tertiary alicyclic amines) is 1. The number of hydrogen-bond acceptors (Lipinski definition) is 4. The molecule has 0 radical (unpaired) electrons. The van der Waals surface area contributed by atoms with Gasteiger partial charge in [-0.05, 0) is 38.1 Å². The maximum Gasteiger partial charge on any atom is 0.257 e. The van der Waals surface area contributed by atoms with E-state index in [1.165, 1.54) is 13.0 Å². The molecule has 1 fully saturated rings. The van der Waals surface area contributed by atoms with E-state index >= 15 is 0 Å². The maximum atomic E-state index is 11.4. The van der Waals surface area contributed by atoms with Crippen LogP contribution in [0.4, 0.5) is 11.4 Å². The van der Waals surface area contributed by atoms with Crippen LogP contribution in [0.25, 0.3) is 0 Å². The van der Waals surface area contributed by atoms with Gasteiger partial charge in [-0.1, -0.05) is 6.07 Å². The Balaban J connectivity index is 1.72. The topological polar surface area (TPSA) is 55.8 Å². The molecule has 108 valence electrons. The van der Waals surface area contributed by atoms with Crippen LogP contribution in [0.1, 0.15) is 18.1 Å². The summed E-state index contributed by atoms with van der Waals surface area (Å²) in [4.78, 5) is 16.0. The number of anilines is 2. The maximum absolute atomic E-state index is 11.4. The molecule has 5 heteroatoms. The molecule has 1 saturated heterocycles. The third-order valence-electron chi connectivity index (χ3n) is 4.30. The van der Waals surface area contributed by atoms with Crippen LogP contribution in [-0.4, -0.2) is 49.6 Å². The predicted molar refractivity (Wildman–Crippen MR) is 78.9 cm³/mol. The molecule has 0 aromatic heterocycles. The Morgan fingerprint density at radius 2 is 2.30 bits per heavy atom. The first kappa shape index (κ1) is 13.4. The van der Waals surface area contributed by atoms with Crippen LogP contribution in [0, 0.1) is 5.92 Å². The van der Waals surface area contributed by atoms with E-state index in [4.69, 9.17) is 0 Å². The minimum absolute atomic E-state index is 0.336. The summed E-state index contributed by atoms with van der Waals surface area (Å²) in [6.07, 6.45) is 0.217. The van der Waals surface area contributed by atoms with Gasteiger partial charge in [-0.15, -0.1) is 0 Å². The Kier molecular flexibility index (Phi) is 3.40. The van der Waals surface area contributed by atoms with Crippen molar-refractivity contribution in [2.75, 3.05) is 43.9 Å². The van der Waals surface area contributed by atoms with E-state index in [1.807, 2.05) is 18.2 Å². The number of nitrogens with one attached hydrogen (secondary N) is 1. The van der Waals surface area contributed by atoms with Crippen molar-refractivity contribution in [1.29, 1.82) is 0 Å². The van der Waals surface area contributed by atoms with Gasteiger partial charge in [0.25, 0.3) is 5.91 Å². The molecule has 20 heavy (non-hydrogen) atoms. The SMILES string of the molecule is CN1CCC(CN(C)c2ccc3c(c2)NC(=O)C3O)C1. The standard InChI is InChI=1S/C15H21N3O2/c1-17-6-5-10(8-17)9-18(2)11-3-4-12-13(7-11)16-15(20)14(12)19/h3-4,7,10,14,19H,5-6,8-9H2,1-2H3,(H,16,20). The van der Waals surface area contributed by atoms with Gasteiger partial charge >= 0.3 is 0 Å². The van der Waals surface area contributed by atoms with E-state index in [-0.39, 0.29) is 5.91 Å². The van der Waals surface area contributed by atoms with Gasteiger partial charge in [0.1, 0.15) is 0 Å². The lowest BCUT2D eigenvalue weighted by Crippen LogP contribution is -2.27. The van der Waals surface area contributed by atoms with Gasteiger partial charge in [-0.2, -0.15) is 0 Å². The average molecular weight is 275 g/mol. The smallest absolute Gasteiger partial charge is 0.257 e. The van der Waals surface area contributed by atoms with Crippen molar-refractivity contribution >= 4 is 17.3 Å². The summed E-state index contributed by atoms with van der Waals surface area (Å²) in [7, 11) is 4.24. The number of nitrogens with zero attached hydrogens (tertiary/aromatic N) is 2. The highest BCUT2D eigenvalue weighted by Gasteiger charge is 2.29. The fourth-order valence-corrected chi connectivity index (χ4v) is 3.14. The molecule has 1 aromatic carbocycles. The number of aliphatic hydroxyl groups is 1. The molecular weight excluding hydrogens is 254 g/mol. The molecule has 0 spiro atoms. The van der Waals surface area contributed by atoms with Crippen LogP contribution in [0.15, 0.2) is 18.2 Å². The van der Waals surface area contributed by atoms with Gasteiger partial charge in [0.2, 0.25) is 0 Å². The minimum atomic E-state index is -1.02. The number of hydrogen-bond donors (Lipinski definition) is 2. The zero-order valence-corrected chi connectivity index (χ0v) is 12.0. The molecule has 2 heterocycles. The molecule has 1 aromatic rings. The third kappa shape index (κ3) is 2.39. The summed E-state index contributed by atoms with van der Waals surface area (Å²) in [6, 6.07) is 5.76. The molecule has 0 saturated carbocycles. The highest BCUT2D eigenvalue weighted by atomic mass is 16.3. The summed E-state index contributed by atoms with van der Waals surface area (Å²) >= 11 is 0. The Bertz CT molecular complexity index is 532. The van der Waals surface area contributed by atoms with Crippen molar-refractivity contribution in [1.82, 2.24) is 4.90 Å². The summed E-state index contributed by atoms with van der Waals surface area (Å²) in [5.74, 6) is 0.357. The molecule has 2 atom stereocenters. The second-order valence-electron chi connectivity index (χ2n) is 5.96. The number of fused-ring (bicyclic) bond motifs is 1. The molecule has 2 unspecified atom stereocenters. The number of carbonyl (C=O) groups is 1. The monoisotopic (exact) mass is 275 g/mol. The second kappa shape index (κ2) is 5.07. The molecule has 0 bridgehead atoms. The van der Waals surface area contributed by atoms with Gasteiger partial charge in [0.15, 0.2) is 6.10 Å². The lowest BCUT2D eigenvalue weighted by Gasteiger charge is -2.23. The number of amides is 1. The summed E-state index contributed by atoms with van der Waals surface area (Å²) in [6.45, 7) is 3.33. The Morgan fingerprint density at radius 3 is 3.00 bits per heavy atom. The first-order valence-corrected chi connectivity index (χ1v) is 7.07. The first-order chi connectivity index (χ1) is 9.54. The van der Waals surface area contributed by atoms with Crippen LogP contribution in [0.3, 0.4) is 0 Å². The van der Waals surface area contributed by atoms with E-state index in [0.717, 1.165) is 24.5 Å². The normalized spacial score (nSPS) is 25.6. The van der Waals surface area contributed by atoms with Crippen molar-refractivity contribution in [3.63, 3.8) is 0 Å². The van der Waals surface area contributed by atoms with Crippen molar-refractivity contribution < 1.29 is 9.90 Å². The van der Waals surface area contributed by atoms with E-state index in [9.17, 15) is 9.90 Å². The number of rotatable bonds is 3. The van der Waals surface area contributed by atoms with E-state index in [1.54, 1.807) is 0 Å². The van der Waals surface area contributed by atoms with Crippen LogP contribution in [-0.2, 0) is 4.79 Å². The van der Waals surface area contributed by atoms with Gasteiger partial charge in [-0.25, -0.2) is 0 Å². The lowest BCUT2D eigenvalue weighted by molar-refractivity contribution is -0.123. The second-order valence-corrected chi connectivity index (χ2v) is 5.96. The molecule has 1 amide bonds. The number of aliphatic hydroxyl groups excluding tert-OH is 1. The first-order valence-electron chi connectivity index (χ1n) is 7.07. The fraction of sp³-hybridized carbons (Fsp3) is 0.533. The van der Waals surface area contributed by atoms with Crippen LogP contribution in [0.2, 0.25) is 0 Å². The molecular formula is C15H21N3O2. The zero-order valence-electron chi connectivity index (χ0n) is 12.0. The number of benzene rings is 1. The Labute approximate surface area is 119 Å². The van der Waals surface area contributed by atoms with E-state index in [2.05, 4.69) is 29.2 Å². The van der Waals surface area contributed by atoms with Crippen LogP contribution >= 0.6 is 0 Å². The summed E-state index contributed by atoms with van der Waals surface area (Å²) < 4.78 is 0. The largest absolute Gasteiger partial charge is 0.378 e. The van der Waals surface area contributed by atoms with Crippen LogP contribution < -0.4 is 10.2 Å². The number of carbonyl (C=O) groups excluding carboxylic acids is 1. The van der Waals surface area contributed by atoms with Crippen molar-refractivity contribution in [3.8, 4) is 0 Å². The molecule has 3 rings (SSSR count). The Morgan fingerprint density at radius 1 is 1.50 bits per heavy atom. The van der Waals surface area contributed by atoms with Crippen molar-refractivity contribution in [3.05, 3.63) is 23.8 Å². The predicted octanol–water partition coefficient (Wildman–Crippen LogP) is 1.06. The molecule has 2 aliphatic heterocycles. The van der Waals surface area contributed by atoms with Crippen molar-refractivity contribution in [2.45, 2.75) is 12.5 Å². The molecule has 5 nitrogen and oxygen atoms in total. The fourth-order valence-electron chi connectivity index (χ4n) is 3.14. The third-order valence-corrected chi connectivity index (χ3v) is 4.30. The minimum Gasteiger partial charge on any atom is -0.378 e. The molecule has 2 N–H and O–H groups in total. The van der Waals surface area contributed by atoms with Gasteiger partial charge in [0.05, 0.1) is 0 Å². The summed E-state index contributed by atoms with van der Waals surface area (Å²) in [5, 5.41) is 12.4. The van der Waals surface area contributed by atoms with Gasteiger partial charge in [-0.3, -0.25) is 4.79 Å².